The summed E-state index contributed by atoms with van der Waals surface area (Å²) in [7, 11) is 2.17. The molecule has 0 aliphatic heterocycles. The van der Waals surface area contributed by atoms with Crippen LogP contribution < -0.4 is 0 Å². The van der Waals surface area contributed by atoms with Crippen molar-refractivity contribution in [1.82, 2.24) is 19.2 Å². The van der Waals surface area contributed by atoms with E-state index in [1.165, 1.54) is 42.6 Å². The molecule has 3 aromatic rings. The zero-order chi connectivity index (χ0) is 19.1. The summed E-state index contributed by atoms with van der Waals surface area (Å²) in [4.78, 5) is 2.35. The molecular weight excluding hydrogens is 364 g/mol. The zero-order valence-electron chi connectivity index (χ0n) is 16.2. The lowest BCUT2D eigenvalue weighted by Gasteiger charge is -2.28. The van der Waals surface area contributed by atoms with Gasteiger partial charge < -0.3 is 4.57 Å². The Hall–Kier alpha value is -2.24. The molecule has 0 saturated heterocycles. The number of aromatic nitrogens is 3. The predicted octanol–water partition coefficient (Wildman–Crippen LogP) is 5.31. The Morgan fingerprint density at radius 3 is 2.04 bits per heavy atom. The quantitative estimate of drug-likeness (QED) is 0.512. The lowest BCUT2D eigenvalue weighted by Crippen LogP contribution is -2.28. The second-order valence-corrected chi connectivity index (χ2v) is 8.50. The van der Waals surface area contributed by atoms with Crippen molar-refractivity contribution in [2.45, 2.75) is 50.4 Å². The molecule has 5 heteroatoms. The fraction of sp³-hybridized carbons (Fsp3) is 0.391. The normalized spacial score (nSPS) is 16.8. The van der Waals surface area contributed by atoms with Gasteiger partial charge in [0.25, 0.3) is 0 Å². The molecule has 0 radical (unpaired) electrons. The summed E-state index contributed by atoms with van der Waals surface area (Å²) < 4.78 is 5.28. The molecule has 2 aliphatic rings. The summed E-state index contributed by atoms with van der Waals surface area (Å²) in [5.74, 6) is 1.84. The SMILES string of the molecule is CN(Cn1nc(C2CC2)n(C2CC2)c1=S)C(c1ccccc1)c1ccccc1. The number of benzene rings is 2. The topological polar surface area (TPSA) is 26.0 Å². The summed E-state index contributed by atoms with van der Waals surface area (Å²) >= 11 is 5.85. The summed E-state index contributed by atoms with van der Waals surface area (Å²) in [6.07, 6.45) is 4.99. The molecule has 0 spiro atoms. The van der Waals surface area contributed by atoms with Crippen molar-refractivity contribution in [3.05, 3.63) is 82.4 Å². The van der Waals surface area contributed by atoms with E-state index in [1.807, 2.05) is 4.68 Å². The average molecular weight is 391 g/mol. The van der Waals surface area contributed by atoms with E-state index < -0.39 is 0 Å². The van der Waals surface area contributed by atoms with Gasteiger partial charge in [-0.15, -0.1) is 0 Å². The standard InChI is InChI=1S/C23H26N4S/c1-25(21(17-8-4-2-5-9-17)18-10-6-3-7-11-18)16-26-23(28)27(20-14-15-20)22(24-26)19-12-13-19/h2-11,19-21H,12-16H2,1H3. The predicted molar refractivity (Wildman–Crippen MR) is 114 cm³/mol. The van der Waals surface area contributed by atoms with E-state index in [1.54, 1.807) is 0 Å². The Bertz CT molecular complexity index is 961. The van der Waals surface area contributed by atoms with E-state index in [9.17, 15) is 0 Å². The minimum atomic E-state index is 0.166. The van der Waals surface area contributed by atoms with Crippen LogP contribution in [-0.2, 0) is 6.67 Å². The molecule has 1 heterocycles. The Morgan fingerprint density at radius 2 is 1.54 bits per heavy atom. The maximum Gasteiger partial charge on any atom is 0.199 e. The van der Waals surface area contributed by atoms with Gasteiger partial charge >= 0.3 is 0 Å². The van der Waals surface area contributed by atoms with Crippen LogP contribution in [0.25, 0.3) is 0 Å². The molecule has 0 amide bonds. The molecule has 2 aromatic carbocycles. The summed E-state index contributed by atoms with van der Waals surface area (Å²) in [6, 6.07) is 22.1. The molecular formula is C23H26N4S. The third-order valence-corrected chi connectivity index (χ3v) is 6.19. The third-order valence-electron chi connectivity index (χ3n) is 5.78. The van der Waals surface area contributed by atoms with Gasteiger partial charge in [-0.2, -0.15) is 5.10 Å². The average Bonchev–Trinajstić information content (AvgIpc) is 3.63. The van der Waals surface area contributed by atoms with Crippen LogP contribution in [0.5, 0.6) is 0 Å². The molecule has 2 saturated carbocycles. The second-order valence-electron chi connectivity index (χ2n) is 8.14. The highest BCUT2D eigenvalue weighted by Crippen LogP contribution is 2.44. The van der Waals surface area contributed by atoms with Crippen molar-refractivity contribution >= 4 is 12.2 Å². The van der Waals surface area contributed by atoms with E-state index in [0.29, 0.717) is 18.6 Å². The van der Waals surface area contributed by atoms with Crippen molar-refractivity contribution < 1.29 is 0 Å². The van der Waals surface area contributed by atoms with Gasteiger partial charge in [0.05, 0.1) is 12.7 Å². The van der Waals surface area contributed by atoms with Crippen LogP contribution in [-0.4, -0.2) is 26.3 Å². The fourth-order valence-electron chi connectivity index (χ4n) is 4.09. The van der Waals surface area contributed by atoms with Crippen LogP contribution in [0.3, 0.4) is 0 Å². The van der Waals surface area contributed by atoms with E-state index >= 15 is 0 Å². The summed E-state index contributed by atoms with van der Waals surface area (Å²) in [5, 5.41) is 4.98. The lowest BCUT2D eigenvalue weighted by atomic mass is 9.98. The van der Waals surface area contributed by atoms with Gasteiger partial charge in [-0.3, -0.25) is 4.90 Å². The smallest absolute Gasteiger partial charge is 0.199 e. The highest BCUT2D eigenvalue weighted by atomic mass is 32.1. The largest absolute Gasteiger partial charge is 0.301 e. The summed E-state index contributed by atoms with van der Waals surface area (Å²) in [6.45, 7) is 0.687. The van der Waals surface area contributed by atoms with Crippen molar-refractivity contribution in [3.8, 4) is 0 Å². The Kier molecular flexibility index (Phi) is 4.65. The van der Waals surface area contributed by atoms with Crippen LogP contribution in [0.2, 0.25) is 0 Å². The number of hydrogen-bond donors (Lipinski definition) is 0. The molecule has 5 rings (SSSR count). The van der Waals surface area contributed by atoms with Gasteiger partial charge in [-0.25, -0.2) is 4.68 Å². The second kappa shape index (κ2) is 7.30. The van der Waals surface area contributed by atoms with E-state index in [0.717, 1.165) is 4.77 Å². The molecule has 0 unspecified atom stereocenters. The first-order valence-electron chi connectivity index (χ1n) is 10.2. The molecule has 2 aliphatic carbocycles. The van der Waals surface area contributed by atoms with Crippen molar-refractivity contribution in [2.24, 2.45) is 0 Å². The van der Waals surface area contributed by atoms with Crippen molar-refractivity contribution in [2.75, 3.05) is 7.05 Å². The van der Waals surface area contributed by atoms with Gasteiger partial charge in [0, 0.05) is 12.0 Å². The first-order chi connectivity index (χ1) is 13.7. The highest BCUT2D eigenvalue weighted by Gasteiger charge is 2.36. The van der Waals surface area contributed by atoms with Gasteiger partial charge in [0.1, 0.15) is 5.82 Å². The Morgan fingerprint density at radius 1 is 0.964 bits per heavy atom. The van der Waals surface area contributed by atoms with Gasteiger partial charge in [-0.05, 0) is 56.1 Å². The van der Waals surface area contributed by atoms with Crippen molar-refractivity contribution in [3.63, 3.8) is 0 Å². The number of hydrogen-bond acceptors (Lipinski definition) is 3. The van der Waals surface area contributed by atoms with Gasteiger partial charge in [0.2, 0.25) is 0 Å². The van der Waals surface area contributed by atoms with E-state index in [4.69, 9.17) is 17.3 Å². The van der Waals surface area contributed by atoms with Crippen LogP contribution in [0.1, 0.15) is 60.6 Å². The minimum absolute atomic E-state index is 0.166. The van der Waals surface area contributed by atoms with Crippen LogP contribution >= 0.6 is 12.2 Å². The van der Waals surface area contributed by atoms with Crippen LogP contribution in [0, 0.1) is 4.77 Å². The van der Waals surface area contributed by atoms with Crippen LogP contribution in [0.4, 0.5) is 0 Å². The lowest BCUT2D eigenvalue weighted by molar-refractivity contribution is 0.207. The summed E-state index contributed by atoms with van der Waals surface area (Å²) in [5.41, 5.74) is 2.57. The molecule has 144 valence electrons. The van der Waals surface area contributed by atoms with E-state index in [2.05, 4.69) is 77.2 Å². The van der Waals surface area contributed by atoms with Gasteiger partial charge in [0.15, 0.2) is 4.77 Å². The number of nitrogens with zero attached hydrogens (tertiary/aromatic N) is 4. The molecule has 1 aromatic heterocycles. The minimum Gasteiger partial charge on any atom is -0.301 e. The molecule has 0 N–H and O–H groups in total. The molecule has 0 atom stereocenters. The molecule has 0 bridgehead atoms. The van der Waals surface area contributed by atoms with Crippen LogP contribution in [0.15, 0.2) is 60.7 Å². The monoisotopic (exact) mass is 390 g/mol. The fourth-order valence-corrected chi connectivity index (χ4v) is 4.43. The number of rotatable bonds is 7. The first kappa shape index (κ1) is 17.8. The van der Waals surface area contributed by atoms with E-state index in [-0.39, 0.29) is 6.04 Å². The maximum absolute atomic E-state index is 5.85. The molecule has 2 fully saturated rings. The van der Waals surface area contributed by atoms with Gasteiger partial charge in [-0.1, -0.05) is 60.7 Å². The Balaban J connectivity index is 1.48. The first-order valence-corrected chi connectivity index (χ1v) is 10.6. The van der Waals surface area contributed by atoms with Crippen molar-refractivity contribution in [1.29, 1.82) is 0 Å². The third kappa shape index (κ3) is 3.45. The maximum atomic E-state index is 5.85. The molecule has 28 heavy (non-hydrogen) atoms. The Labute approximate surface area is 171 Å². The highest BCUT2D eigenvalue weighted by molar-refractivity contribution is 7.71. The molecule has 4 nitrogen and oxygen atoms in total. The zero-order valence-corrected chi connectivity index (χ0v) is 17.1.